The van der Waals surface area contributed by atoms with Crippen molar-refractivity contribution in [3.8, 4) is 11.5 Å². The number of rotatable bonds is 7. The number of nitro groups is 1. The molecule has 9 heteroatoms. The number of nitrogens with zero attached hydrogens (tertiary/aromatic N) is 3. The van der Waals surface area contributed by atoms with Crippen molar-refractivity contribution in [1.29, 1.82) is 0 Å². The summed E-state index contributed by atoms with van der Waals surface area (Å²) in [6, 6.07) is 12.3. The van der Waals surface area contributed by atoms with Crippen LogP contribution in [0.3, 0.4) is 0 Å². The molecule has 3 aromatic rings. The van der Waals surface area contributed by atoms with Gasteiger partial charge in [-0.3, -0.25) is 19.7 Å². The maximum absolute atomic E-state index is 12.1. The molecule has 2 heterocycles. The van der Waals surface area contributed by atoms with Gasteiger partial charge in [0.1, 0.15) is 11.4 Å². The van der Waals surface area contributed by atoms with Gasteiger partial charge in [-0.2, -0.15) is 5.10 Å². The van der Waals surface area contributed by atoms with E-state index < -0.39 is 4.92 Å². The van der Waals surface area contributed by atoms with E-state index in [-0.39, 0.29) is 35.8 Å². The molecule has 0 bridgehead atoms. The Kier molecular flexibility index (Phi) is 5.41. The van der Waals surface area contributed by atoms with Gasteiger partial charge in [0.25, 0.3) is 11.2 Å². The minimum absolute atomic E-state index is 0.0884. The quantitative estimate of drug-likeness (QED) is 0.506. The molecule has 0 unspecified atom stereocenters. The lowest BCUT2D eigenvalue weighted by atomic mass is 10.2. The predicted molar refractivity (Wildman–Crippen MR) is 97.2 cm³/mol. The first-order valence-electron chi connectivity index (χ1n) is 8.20. The van der Waals surface area contributed by atoms with E-state index in [4.69, 9.17) is 4.42 Å². The molecule has 0 aliphatic carbocycles. The largest absolute Gasteiger partial charge is 0.463 e. The SMILES string of the molecule is O=C(CCCn1nc(-c2ccco2)ccc1=O)Nc1ccccc1[N+](=O)[O-]. The van der Waals surface area contributed by atoms with Crippen LogP contribution in [0.1, 0.15) is 12.8 Å². The average Bonchev–Trinajstić information content (AvgIpc) is 3.18. The summed E-state index contributed by atoms with van der Waals surface area (Å²) in [5, 5.41) is 17.7. The van der Waals surface area contributed by atoms with Crippen molar-refractivity contribution in [2.45, 2.75) is 19.4 Å². The third-order valence-corrected chi connectivity index (χ3v) is 3.79. The zero-order chi connectivity index (χ0) is 19.2. The van der Waals surface area contributed by atoms with Gasteiger partial charge in [-0.05, 0) is 30.7 Å². The summed E-state index contributed by atoms with van der Waals surface area (Å²) in [5.41, 5.74) is 0.200. The summed E-state index contributed by atoms with van der Waals surface area (Å²) in [5.74, 6) is 0.164. The number of furan rings is 1. The van der Waals surface area contributed by atoms with Crippen molar-refractivity contribution in [3.63, 3.8) is 0 Å². The number of aromatic nitrogens is 2. The summed E-state index contributed by atoms with van der Waals surface area (Å²) < 4.78 is 6.52. The van der Waals surface area contributed by atoms with E-state index in [9.17, 15) is 19.7 Å². The summed E-state index contributed by atoms with van der Waals surface area (Å²) in [4.78, 5) is 34.4. The van der Waals surface area contributed by atoms with Gasteiger partial charge in [-0.1, -0.05) is 12.1 Å². The smallest absolute Gasteiger partial charge is 0.292 e. The highest BCUT2D eigenvalue weighted by Crippen LogP contribution is 2.23. The molecule has 2 aromatic heterocycles. The molecule has 0 radical (unpaired) electrons. The average molecular weight is 368 g/mol. The Hall–Kier alpha value is -3.75. The van der Waals surface area contributed by atoms with Crippen molar-refractivity contribution in [2.75, 3.05) is 5.32 Å². The molecule has 3 rings (SSSR count). The Morgan fingerprint density at radius 1 is 1.19 bits per heavy atom. The predicted octanol–water partition coefficient (Wildman–Crippen LogP) is 2.83. The molecular formula is C18H16N4O5. The summed E-state index contributed by atoms with van der Waals surface area (Å²) >= 11 is 0. The van der Waals surface area contributed by atoms with E-state index in [1.54, 1.807) is 24.3 Å². The highest BCUT2D eigenvalue weighted by atomic mass is 16.6. The number of benzene rings is 1. The molecule has 0 atom stereocenters. The van der Waals surface area contributed by atoms with Crippen LogP contribution in [0.4, 0.5) is 11.4 Å². The number of amides is 1. The van der Waals surface area contributed by atoms with Gasteiger partial charge < -0.3 is 9.73 Å². The van der Waals surface area contributed by atoms with Crippen LogP contribution in [0.25, 0.3) is 11.5 Å². The van der Waals surface area contributed by atoms with Gasteiger partial charge >= 0.3 is 0 Å². The first-order chi connectivity index (χ1) is 13.0. The van der Waals surface area contributed by atoms with E-state index in [2.05, 4.69) is 10.4 Å². The van der Waals surface area contributed by atoms with Crippen molar-refractivity contribution in [3.05, 3.63) is 75.3 Å². The molecule has 0 aliphatic rings. The normalized spacial score (nSPS) is 10.5. The lowest BCUT2D eigenvalue weighted by molar-refractivity contribution is -0.383. The second kappa shape index (κ2) is 8.09. The fraction of sp³-hybridized carbons (Fsp3) is 0.167. The van der Waals surface area contributed by atoms with Gasteiger partial charge in [0.05, 0.1) is 11.2 Å². The number of hydrogen-bond donors (Lipinski definition) is 1. The molecule has 138 valence electrons. The van der Waals surface area contributed by atoms with Crippen molar-refractivity contribution >= 4 is 17.3 Å². The van der Waals surface area contributed by atoms with Crippen LogP contribution in [-0.4, -0.2) is 20.6 Å². The lowest BCUT2D eigenvalue weighted by Gasteiger charge is -2.07. The molecular weight excluding hydrogens is 352 g/mol. The number of para-hydroxylation sites is 2. The topological polar surface area (TPSA) is 120 Å². The minimum atomic E-state index is -0.556. The number of aryl methyl sites for hydroxylation is 1. The maximum Gasteiger partial charge on any atom is 0.292 e. The number of anilines is 1. The summed E-state index contributed by atoms with van der Waals surface area (Å²) in [6.45, 7) is 0.234. The lowest BCUT2D eigenvalue weighted by Crippen LogP contribution is -2.23. The third-order valence-electron chi connectivity index (χ3n) is 3.79. The zero-order valence-corrected chi connectivity index (χ0v) is 14.2. The van der Waals surface area contributed by atoms with Gasteiger partial charge in [0.2, 0.25) is 5.91 Å². The van der Waals surface area contributed by atoms with Crippen LogP contribution in [0, 0.1) is 10.1 Å². The highest BCUT2D eigenvalue weighted by Gasteiger charge is 2.14. The fourth-order valence-corrected chi connectivity index (χ4v) is 2.51. The van der Waals surface area contributed by atoms with Crippen LogP contribution in [-0.2, 0) is 11.3 Å². The van der Waals surface area contributed by atoms with Gasteiger partial charge in [0, 0.05) is 25.1 Å². The maximum atomic E-state index is 12.1. The molecule has 9 nitrogen and oxygen atoms in total. The van der Waals surface area contributed by atoms with E-state index in [0.717, 1.165) is 0 Å². The molecule has 1 amide bonds. The zero-order valence-electron chi connectivity index (χ0n) is 14.2. The Bertz CT molecular complexity index is 1010. The van der Waals surface area contributed by atoms with Gasteiger partial charge in [0.15, 0.2) is 5.76 Å². The van der Waals surface area contributed by atoms with Crippen LogP contribution < -0.4 is 10.9 Å². The van der Waals surface area contributed by atoms with E-state index in [0.29, 0.717) is 17.9 Å². The minimum Gasteiger partial charge on any atom is -0.463 e. The highest BCUT2D eigenvalue weighted by molar-refractivity contribution is 5.92. The van der Waals surface area contributed by atoms with E-state index >= 15 is 0 Å². The second-order valence-corrected chi connectivity index (χ2v) is 5.68. The van der Waals surface area contributed by atoms with Gasteiger partial charge in [-0.25, -0.2) is 4.68 Å². The van der Waals surface area contributed by atoms with Crippen molar-refractivity contribution in [1.82, 2.24) is 9.78 Å². The van der Waals surface area contributed by atoms with Crippen LogP contribution in [0.2, 0.25) is 0 Å². The Morgan fingerprint density at radius 3 is 2.74 bits per heavy atom. The second-order valence-electron chi connectivity index (χ2n) is 5.68. The third kappa shape index (κ3) is 4.46. The first kappa shape index (κ1) is 18.1. The fourth-order valence-electron chi connectivity index (χ4n) is 2.51. The standard InChI is InChI=1S/C18H16N4O5/c23-17(19-13-5-1-2-6-15(13)22(25)26)8-3-11-21-18(24)10-9-14(20-21)16-7-4-12-27-16/h1-2,4-7,9-10,12H,3,8,11H2,(H,19,23). The van der Waals surface area contributed by atoms with Crippen LogP contribution in [0.15, 0.2) is 64.0 Å². The number of carbonyl (C=O) groups is 1. The van der Waals surface area contributed by atoms with E-state index in [1.165, 1.54) is 35.2 Å². The molecule has 1 N–H and O–H groups in total. The Balaban J connectivity index is 1.60. The van der Waals surface area contributed by atoms with Crippen molar-refractivity contribution < 1.29 is 14.1 Å². The molecule has 0 spiro atoms. The molecule has 0 saturated carbocycles. The number of carbonyl (C=O) groups excluding carboxylic acids is 1. The first-order valence-corrected chi connectivity index (χ1v) is 8.20. The van der Waals surface area contributed by atoms with Crippen LogP contribution >= 0.6 is 0 Å². The molecule has 0 fully saturated rings. The number of nitrogens with one attached hydrogen (secondary N) is 1. The Morgan fingerprint density at radius 2 is 2.00 bits per heavy atom. The molecule has 27 heavy (non-hydrogen) atoms. The van der Waals surface area contributed by atoms with Crippen LogP contribution in [0.5, 0.6) is 0 Å². The molecule has 0 saturated heterocycles. The summed E-state index contributed by atoms with van der Waals surface area (Å²) in [6.07, 6.45) is 1.95. The van der Waals surface area contributed by atoms with Gasteiger partial charge in [-0.15, -0.1) is 0 Å². The monoisotopic (exact) mass is 368 g/mol. The van der Waals surface area contributed by atoms with E-state index in [1.807, 2.05) is 0 Å². The number of nitro benzene ring substituents is 1. The molecule has 1 aromatic carbocycles. The van der Waals surface area contributed by atoms with Crippen molar-refractivity contribution in [2.24, 2.45) is 0 Å². The molecule has 0 aliphatic heterocycles. The Labute approximate surface area is 153 Å². The summed E-state index contributed by atoms with van der Waals surface area (Å²) in [7, 11) is 0. The number of hydrogen-bond acceptors (Lipinski definition) is 6.